The first-order valence-corrected chi connectivity index (χ1v) is 10.4. The molecular weight excluding hydrogens is 354 g/mol. The summed E-state index contributed by atoms with van der Waals surface area (Å²) in [5, 5.41) is 12.5. The van der Waals surface area contributed by atoms with Crippen LogP contribution in [0.5, 0.6) is 0 Å². The van der Waals surface area contributed by atoms with Gasteiger partial charge < -0.3 is 9.80 Å². The van der Waals surface area contributed by atoms with Gasteiger partial charge in [0.1, 0.15) is 0 Å². The van der Waals surface area contributed by atoms with Gasteiger partial charge in [0, 0.05) is 39.3 Å². The van der Waals surface area contributed by atoms with Crippen molar-refractivity contribution < 1.29 is 9.59 Å². The van der Waals surface area contributed by atoms with E-state index in [0.29, 0.717) is 31.4 Å². The number of rotatable bonds is 6. The molecule has 0 radical (unpaired) electrons. The highest BCUT2D eigenvalue weighted by molar-refractivity contribution is 7.99. The summed E-state index contributed by atoms with van der Waals surface area (Å²) in [5.41, 5.74) is 0. The van der Waals surface area contributed by atoms with Crippen LogP contribution in [0.4, 0.5) is 0 Å². The quantitative estimate of drug-likeness (QED) is 0.636. The van der Waals surface area contributed by atoms with E-state index >= 15 is 0 Å². The second-order valence-corrected chi connectivity index (χ2v) is 8.11. The number of nitrogens with zero attached hydrogens (tertiary/aromatic N) is 7. The van der Waals surface area contributed by atoms with E-state index in [9.17, 15) is 9.59 Å². The average molecular weight is 379 g/mol. The molecule has 1 aromatic rings. The van der Waals surface area contributed by atoms with E-state index in [2.05, 4.69) is 20.4 Å². The van der Waals surface area contributed by atoms with Gasteiger partial charge in [-0.1, -0.05) is 11.8 Å². The fourth-order valence-corrected chi connectivity index (χ4v) is 4.31. The van der Waals surface area contributed by atoms with Gasteiger partial charge in [0.2, 0.25) is 17.0 Å². The Morgan fingerprint density at radius 2 is 1.65 bits per heavy atom. The number of hydrogen-bond acceptors (Lipinski definition) is 7. The molecule has 142 valence electrons. The summed E-state index contributed by atoms with van der Waals surface area (Å²) >= 11 is 1.41. The standard InChI is InChI=1S/C16H25N7O2S/c24-14(21-5-1-2-6-21)11-20-7-9-22(10-8-20)15(25)12-26-16-17-18-19-23(16)13-3-4-13/h13H,1-12H2. The van der Waals surface area contributed by atoms with Gasteiger partial charge in [-0.15, -0.1) is 5.10 Å². The number of likely N-dealkylation sites (tertiary alicyclic amines) is 1. The number of carbonyl (C=O) groups is 2. The van der Waals surface area contributed by atoms with Gasteiger partial charge in [-0.25, -0.2) is 4.68 Å². The Hall–Kier alpha value is -1.68. The molecule has 3 fully saturated rings. The maximum absolute atomic E-state index is 12.5. The zero-order chi connectivity index (χ0) is 17.9. The molecule has 1 aromatic heterocycles. The summed E-state index contributed by atoms with van der Waals surface area (Å²) in [4.78, 5) is 30.7. The Morgan fingerprint density at radius 3 is 2.35 bits per heavy atom. The number of tetrazole rings is 1. The molecule has 2 saturated heterocycles. The number of thioether (sulfide) groups is 1. The molecule has 0 bridgehead atoms. The molecule has 0 unspecified atom stereocenters. The third-order valence-electron chi connectivity index (χ3n) is 5.22. The lowest BCUT2D eigenvalue weighted by atomic mass is 10.3. The second kappa shape index (κ2) is 7.91. The first-order chi connectivity index (χ1) is 12.7. The molecule has 3 heterocycles. The van der Waals surface area contributed by atoms with Crippen LogP contribution in [0.1, 0.15) is 31.7 Å². The topological polar surface area (TPSA) is 87.5 Å². The molecule has 2 aliphatic heterocycles. The molecule has 0 spiro atoms. The molecular formula is C16H25N7O2S. The van der Waals surface area contributed by atoms with Crippen molar-refractivity contribution in [1.82, 2.24) is 34.9 Å². The lowest BCUT2D eigenvalue weighted by Crippen LogP contribution is -2.51. The monoisotopic (exact) mass is 379 g/mol. The minimum Gasteiger partial charge on any atom is -0.342 e. The Kier molecular flexibility index (Phi) is 5.39. The van der Waals surface area contributed by atoms with E-state index in [-0.39, 0.29) is 11.8 Å². The van der Waals surface area contributed by atoms with Gasteiger partial charge in [0.25, 0.3) is 0 Å². The summed E-state index contributed by atoms with van der Waals surface area (Å²) < 4.78 is 1.83. The zero-order valence-electron chi connectivity index (χ0n) is 14.9. The van der Waals surface area contributed by atoms with Crippen molar-refractivity contribution in [3.8, 4) is 0 Å². The van der Waals surface area contributed by atoms with Gasteiger partial charge in [0.05, 0.1) is 18.3 Å². The fourth-order valence-electron chi connectivity index (χ4n) is 3.46. The van der Waals surface area contributed by atoms with Crippen LogP contribution in [0.3, 0.4) is 0 Å². The minimum atomic E-state index is 0.117. The highest BCUT2D eigenvalue weighted by atomic mass is 32.2. The van der Waals surface area contributed by atoms with E-state index in [1.807, 2.05) is 14.5 Å². The Labute approximate surface area is 157 Å². The smallest absolute Gasteiger partial charge is 0.236 e. The molecule has 1 aliphatic carbocycles. The van der Waals surface area contributed by atoms with Crippen molar-refractivity contribution in [2.24, 2.45) is 0 Å². The molecule has 0 aromatic carbocycles. The van der Waals surface area contributed by atoms with Crippen LogP contribution in [-0.4, -0.2) is 98.3 Å². The van der Waals surface area contributed by atoms with E-state index in [0.717, 1.165) is 57.0 Å². The van der Waals surface area contributed by atoms with E-state index in [1.54, 1.807) is 0 Å². The first-order valence-electron chi connectivity index (χ1n) is 9.39. The van der Waals surface area contributed by atoms with Gasteiger partial charge in [-0.2, -0.15) is 0 Å². The molecule has 2 amide bonds. The van der Waals surface area contributed by atoms with Gasteiger partial charge in [0.15, 0.2) is 0 Å². The lowest BCUT2D eigenvalue weighted by molar-refractivity contribution is -0.133. The van der Waals surface area contributed by atoms with Crippen LogP contribution in [-0.2, 0) is 9.59 Å². The molecule has 0 atom stereocenters. The number of hydrogen-bond donors (Lipinski definition) is 0. The largest absolute Gasteiger partial charge is 0.342 e. The molecule has 0 N–H and O–H groups in total. The molecule has 10 heteroatoms. The van der Waals surface area contributed by atoms with Gasteiger partial charge in [-0.05, 0) is 36.1 Å². The van der Waals surface area contributed by atoms with Crippen LogP contribution in [0.15, 0.2) is 5.16 Å². The lowest BCUT2D eigenvalue weighted by Gasteiger charge is -2.35. The molecule has 9 nitrogen and oxygen atoms in total. The van der Waals surface area contributed by atoms with Crippen LogP contribution >= 0.6 is 11.8 Å². The second-order valence-electron chi connectivity index (χ2n) is 7.17. The van der Waals surface area contributed by atoms with Gasteiger partial charge >= 0.3 is 0 Å². The normalized spacial score (nSPS) is 21.4. The van der Waals surface area contributed by atoms with Crippen molar-refractivity contribution in [3.63, 3.8) is 0 Å². The van der Waals surface area contributed by atoms with E-state index in [1.165, 1.54) is 11.8 Å². The van der Waals surface area contributed by atoms with Crippen molar-refractivity contribution in [2.45, 2.75) is 36.9 Å². The van der Waals surface area contributed by atoms with Crippen molar-refractivity contribution in [3.05, 3.63) is 0 Å². The van der Waals surface area contributed by atoms with Crippen LogP contribution < -0.4 is 0 Å². The summed E-state index contributed by atoms with van der Waals surface area (Å²) in [7, 11) is 0. The van der Waals surface area contributed by atoms with Crippen molar-refractivity contribution in [1.29, 1.82) is 0 Å². The third-order valence-corrected chi connectivity index (χ3v) is 6.14. The zero-order valence-corrected chi connectivity index (χ0v) is 15.7. The Morgan fingerprint density at radius 1 is 0.962 bits per heavy atom. The van der Waals surface area contributed by atoms with E-state index < -0.39 is 0 Å². The number of carbonyl (C=O) groups excluding carboxylic acids is 2. The van der Waals surface area contributed by atoms with Crippen LogP contribution in [0.25, 0.3) is 0 Å². The molecule has 4 rings (SSSR count). The van der Waals surface area contributed by atoms with Crippen molar-refractivity contribution in [2.75, 3.05) is 51.6 Å². The Bertz CT molecular complexity index is 649. The van der Waals surface area contributed by atoms with Crippen LogP contribution in [0.2, 0.25) is 0 Å². The molecule has 26 heavy (non-hydrogen) atoms. The molecule has 3 aliphatic rings. The summed E-state index contributed by atoms with van der Waals surface area (Å²) in [5.74, 6) is 0.704. The Balaban J connectivity index is 1.19. The fraction of sp³-hybridized carbons (Fsp3) is 0.812. The predicted molar refractivity (Wildman–Crippen MR) is 95.6 cm³/mol. The highest BCUT2D eigenvalue weighted by Gasteiger charge is 2.29. The summed E-state index contributed by atoms with van der Waals surface area (Å²) in [6, 6.07) is 0.416. The van der Waals surface area contributed by atoms with Gasteiger partial charge in [-0.3, -0.25) is 14.5 Å². The highest BCUT2D eigenvalue weighted by Crippen LogP contribution is 2.36. The maximum Gasteiger partial charge on any atom is 0.236 e. The summed E-state index contributed by atoms with van der Waals surface area (Å²) in [6.07, 6.45) is 4.47. The number of amides is 2. The number of piperazine rings is 1. The first kappa shape index (κ1) is 17.7. The predicted octanol–water partition coefficient (Wildman–Crippen LogP) is -0.133. The SMILES string of the molecule is O=C(CSc1nnnn1C1CC1)N1CCN(CC(=O)N2CCCC2)CC1. The van der Waals surface area contributed by atoms with Crippen molar-refractivity contribution >= 4 is 23.6 Å². The summed E-state index contributed by atoms with van der Waals surface area (Å²) in [6.45, 7) is 5.16. The minimum absolute atomic E-state index is 0.117. The average Bonchev–Trinajstić information content (AvgIpc) is 3.16. The number of aromatic nitrogens is 4. The third kappa shape index (κ3) is 4.17. The van der Waals surface area contributed by atoms with Crippen LogP contribution in [0, 0.1) is 0 Å². The maximum atomic E-state index is 12.5. The van der Waals surface area contributed by atoms with E-state index in [4.69, 9.17) is 0 Å². The molecule has 1 saturated carbocycles.